The summed E-state index contributed by atoms with van der Waals surface area (Å²) in [7, 11) is 0. The number of aliphatic hydroxyl groups excluding tert-OH is 1. The molecule has 0 saturated carbocycles. The van der Waals surface area contributed by atoms with Gasteiger partial charge in [0.25, 0.3) is 0 Å². The standard InChI is InChI=1S/C17H23ClN4O4/c1-10(2)16-21-15(26-22-16)8-20-17(24)19-7-12(23)9-25-13-4-5-14(18)11(3)6-13/h4-6,10,12,23H,7-9H2,1-3H3,(H2,19,20,24)/t12-/m0/s1. The predicted octanol–water partition coefficient (Wildman–Crippen LogP) is 2.39. The minimum atomic E-state index is -0.854. The number of hydrogen-bond acceptors (Lipinski definition) is 6. The molecule has 0 saturated heterocycles. The lowest BCUT2D eigenvalue weighted by Gasteiger charge is -2.14. The quantitative estimate of drug-likeness (QED) is 0.646. The van der Waals surface area contributed by atoms with Crippen molar-refractivity contribution in [1.82, 2.24) is 20.8 Å². The second kappa shape index (κ2) is 9.40. The van der Waals surface area contributed by atoms with Crippen LogP contribution in [0.4, 0.5) is 4.79 Å². The smallest absolute Gasteiger partial charge is 0.315 e. The van der Waals surface area contributed by atoms with Crippen molar-refractivity contribution in [2.75, 3.05) is 13.2 Å². The van der Waals surface area contributed by atoms with E-state index in [1.807, 2.05) is 20.8 Å². The van der Waals surface area contributed by atoms with Crippen LogP contribution in [0.5, 0.6) is 5.75 Å². The second-order valence-electron chi connectivity index (χ2n) is 6.14. The molecule has 2 rings (SSSR count). The number of aliphatic hydroxyl groups is 1. The monoisotopic (exact) mass is 382 g/mol. The highest BCUT2D eigenvalue weighted by Gasteiger charge is 2.12. The predicted molar refractivity (Wildman–Crippen MR) is 96.3 cm³/mol. The van der Waals surface area contributed by atoms with Gasteiger partial charge in [0.2, 0.25) is 5.89 Å². The fourth-order valence-electron chi connectivity index (χ4n) is 1.96. The average Bonchev–Trinajstić information content (AvgIpc) is 3.08. The fraction of sp³-hybridized carbons (Fsp3) is 0.471. The third-order valence-electron chi connectivity index (χ3n) is 3.47. The Morgan fingerprint density at radius 1 is 1.38 bits per heavy atom. The van der Waals surface area contributed by atoms with Gasteiger partial charge in [-0.2, -0.15) is 4.98 Å². The molecule has 0 unspecified atom stereocenters. The minimum Gasteiger partial charge on any atom is -0.491 e. The second-order valence-corrected chi connectivity index (χ2v) is 6.55. The Morgan fingerprint density at radius 3 is 2.81 bits per heavy atom. The number of urea groups is 1. The summed E-state index contributed by atoms with van der Waals surface area (Å²) in [6.45, 7) is 5.96. The van der Waals surface area contributed by atoms with Crippen molar-refractivity contribution in [1.29, 1.82) is 0 Å². The van der Waals surface area contributed by atoms with Crippen molar-refractivity contribution in [2.45, 2.75) is 39.3 Å². The Bertz CT molecular complexity index is 735. The van der Waals surface area contributed by atoms with E-state index in [4.69, 9.17) is 20.9 Å². The topological polar surface area (TPSA) is 110 Å². The Hall–Kier alpha value is -2.32. The molecule has 8 nitrogen and oxygen atoms in total. The molecule has 2 amide bonds. The number of carbonyl (C=O) groups excluding carboxylic acids is 1. The van der Waals surface area contributed by atoms with Crippen LogP contribution in [0.3, 0.4) is 0 Å². The molecule has 0 spiro atoms. The maximum atomic E-state index is 11.7. The summed E-state index contributed by atoms with van der Waals surface area (Å²) in [5.74, 6) is 1.67. The first kappa shape index (κ1) is 20.0. The summed E-state index contributed by atoms with van der Waals surface area (Å²) in [5, 5.41) is 19.5. The first-order valence-corrected chi connectivity index (χ1v) is 8.64. The number of hydrogen-bond donors (Lipinski definition) is 3. The van der Waals surface area contributed by atoms with Crippen LogP contribution >= 0.6 is 11.6 Å². The van der Waals surface area contributed by atoms with Crippen molar-refractivity contribution in [3.8, 4) is 5.75 Å². The lowest BCUT2D eigenvalue weighted by atomic mass is 10.2. The number of aromatic nitrogens is 2. The maximum Gasteiger partial charge on any atom is 0.315 e. The van der Waals surface area contributed by atoms with E-state index >= 15 is 0 Å². The molecule has 0 aliphatic carbocycles. The van der Waals surface area contributed by atoms with Crippen LogP contribution in [0, 0.1) is 6.92 Å². The van der Waals surface area contributed by atoms with Gasteiger partial charge >= 0.3 is 6.03 Å². The number of ether oxygens (including phenoxy) is 1. The highest BCUT2D eigenvalue weighted by molar-refractivity contribution is 6.31. The van der Waals surface area contributed by atoms with Gasteiger partial charge in [-0.05, 0) is 30.7 Å². The molecule has 0 aliphatic rings. The van der Waals surface area contributed by atoms with Crippen LogP contribution in [0.25, 0.3) is 0 Å². The Kier molecular flexibility index (Phi) is 7.23. The van der Waals surface area contributed by atoms with Crippen molar-refractivity contribution in [2.24, 2.45) is 0 Å². The fourth-order valence-corrected chi connectivity index (χ4v) is 2.08. The number of nitrogens with one attached hydrogen (secondary N) is 2. The molecule has 1 atom stereocenters. The molecule has 1 aromatic heterocycles. The Balaban J connectivity index is 1.66. The number of aryl methyl sites for hydroxylation is 1. The third-order valence-corrected chi connectivity index (χ3v) is 3.89. The molecule has 1 aromatic carbocycles. The summed E-state index contributed by atoms with van der Waals surface area (Å²) in [5.41, 5.74) is 0.887. The zero-order valence-electron chi connectivity index (χ0n) is 15.0. The third kappa shape index (κ3) is 6.20. The van der Waals surface area contributed by atoms with Gasteiger partial charge in [-0.1, -0.05) is 30.6 Å². The molecule has 0 bridgehead atoms. The van der Waals surface area contributed by atoms with Gasteiger partial charge in [0.05, 0.1) is 6.54 Å². The average molecular weight is 383 g/mol. The van der Waals surface area contributed by atoms with Gasteiger partial charge in [0.15, 0.2) is 5.82 Å². The first-order chi connectivity index (χ1) is 12.3. The van der Waals surface area contributed by atoms with Crippen molar-refractivity contribution >= 4 is 17.6 Å². The van der Waals surface area contributed by atoms with Gasteiger partial charge in [0.1, 0.15) is 18.5 Å². The SMILES string of the molecule is Cc1cc(OC[C@@H](O)CNC(=O)NCc2nc(C(C)C)no2)ccc1Cl. The zero-order valence-corrected chi connectivity index (χ0v) is 15.7. The highest BCUT2D eigenvalue weighted by Crippen LogP contribution is 2.21. The van der Waals surface area contributed by atoms with Gasteiger partial charge < -0.3 is 25.0 Å². The lowest BCUT2D eigenvalue weighted by Crippen LogP contribution is -2.41. The van der Waals surface area contributed by atoms with Gasteiger partial charge in [-0.15, -0.1) is 0 Å². The van der Waals surface area contributed by atoms with E-state index in [2.05, 4.69) is 20.8 Å². The number of carbonyl (C=O) groups is 1. The number of amides is 2. The van der Waals surface area contributed by atoms with E-state index in [-0.39, 0.29) is 25.6 Å². The molecule has 9 heteroatoms. The molecule has 2 aromatic rings. The van der Waals surface area contributed by atoms with Crippen LogP contribution in [-0.4, -0.2) is 40.5 Å². The number of rotatable bonds is 8. The summed E-state index contributed by atoms with van der Waals surface area (Å²) in [6, 6.07) is 4.78. The normalized spacial score (nSPS) is 12.1. The van der Waals surface area contributed by atoms with E-state index in [0.29, 0.717) is 22.5 Å². The summed E-state index contributed by atoms with van der Waals surface area (Å²) < 4.78 is 10.5. The largest absolute Gasteiger partial charge is 0.491 e. The minimum absolute atomic E-state index is 0.0412. The van der Waals surface area contributed by atoms with Gasteiger partial charge in [-0.25, -0.2) is 4.79 Å². The molecule has 0 aliphatic heterocycles. The Morgan fingerprint density at radius 2 is 2.15 bits per heavy atom. The van der Waals surface area contributed by atoms with E-state index < -0.39 is 12.1 Å². The van der Waals surface area contributed by atoms with Gasteiger partial charge in [0, 0.05) is 17.5 Å². The van der Waals surface area contributed by atoms with Crippen molar-refractivity contribution in [3.05, 3.63) is 40.5 Å². The molecule has 3 N–H and O–H groups in total. The summed E-state index contributed by atoms with van der Waals surface area (Å²) in [6.07, 6.45) is -0.854. The van der Waals surface area contributed by atoms with Crippen LogP contribution in [0.1, 0.15) is 37.0 Å². The number of halogens is 1. The van der Waals surface area contributed by atoms with Crippen LogP contribution in [0.2, 0.25) is 5.02 Å². The molecular formula is C17H23ClN4O4. The molecule has 0 fully saturated rings. The number of benzene rings is 1. The van der Waals surface area contributed by atoms with Gasteiger partial charge in [-0.3, -0.25) is 0 Å². The Labute approximate surface area is 156 Å². The zero-order chi connectivity index (χ0) is 19.1. The summed E-state index contributed by atoms with van der Waals surface area (Å²) >= 11 is 5.94. The molecular weight excluding hydrogens is 360 g/mol. The van der Waals surface area contributed by atoms with E-state index in [1.165, 1.54) is 0 Å². The van der Waals surface area contributed by atoms with E-state index in [0.717, 1.165) is 5.56 Å². The van der Waals surface area contributed by atoms with Crippen LogP contribution in [0.15, 0.2) is 22.7 Å². The number of nitrogens with zero attached hydrogens (tertiary/aromatic N) is 2. The van der Waals surface area contributed by atoms with E-state index in [9.17, 15) is 9.90 Å². The maximum absolute atomic E-state index is 11.7. The first-order valence-electron chi connectivity index (χ1n) is 8.26. The van der Waals surface area contributed by atoms with E-state index in [1.54, 1.807) is 18.2 Å². The van der Waals surface area contributed by atoms with Crippen LogP contribution < -0.4 is 15.4 Å². The lowest BCUT2D eigenvalue weighted by molar-refractivity contribution is 0.107. The van der Waals surface area contributed by atoms with Crippen LogP contribution in [-0.2, 0) is 6.54 Å². The van der Waals surface area contributed by atoms with Crippen molar-refractivity contribution < 1.29 is 19.2 Å². The highest BCUT2D eigenvalue weighted by atomic mass is 35.5. The summed E-state index contributed by atoms with van der Waals surface area (Å²) in [4.78, 5) is 15.9. The molecule has 0 radical (unpaired) electrons. The molecule has 1 heterocycles. The molecule has 142 valence electrons. The molecule has 26 heavy (non-hydrogen) atoms. The van der Waals surface area contributed by atoms with Crippen molar-refractivity contribution in [3.63, 3.8) is 0 Å².